The Kier molecular flexibility index (Phi) is 6.45. The average Bonchev–Trinajstić information content (AvgIpc) is 2.17. The Balaban J connectivity index is 0.00000144. The summed E-state index contributed by atoms with van der Waals surface area (Å²) in [6.45, 7) is 9.50. The highest BCUT2D eigenvalue weighted by Crippen LogP contribution is 2.25. The van der Waals surface area contributed by atoms with Crippen LogP contribution < -0.4 is 6.15 Å². The van der Waals surface area contributed by atoms with E-state index in [-0.39, 0.29) is 7.58 Å². The van der Waals surface area contributed by atoms with E-state index >= 15 is 0 Å². The van der Waals surface area contributed by atoms with Crippen LogP contribution >= 0.6 is 0 Å². The Hall–Kier alpha value is -0.120. The van der Waals surface area contributed by atoms with Gasteiger partial charge >= 0.3 is 0 Å². The van der Waals surface area contributed by atoms with Gasteiger partial charge in [-0.25, -0.2) is 0 Å². The van der Waals surface area contributed by atoms with E-state index in [9.17, 15) is 0 Å². The Morgan fingerprint density at radius 3 is 2.29 bits per heavy atom. The highest BCUT2D eigenvalue weighted by atomic mass is 16.5. The van der Waals surface area contributed by atoms with E-state index in [1.165, 1.54) is 51.7 Å². The summed E-state index contributed by atoms with van der Waals surface area (Å²) in [6, 6.07) is 0. The minimum Gasteiger partial charge on any atom is -0.378 e. The fourth-order valence-electron chi connectivity index (χ4n) is 2.66. The molecule has 2 fully saturated rings. The lowest BCUT2D eigenvalue weighted by molar-refractivity contribution is -0.0263. The molecule has 0 aromatic rings. The molecule has 0 spiro atoms. The van der Waals surface area contributed by atoms with Crippen LogP contribution in [0.4, 0.5) is 0 Å². The quantitative estimate of drug-likeness (QED) is 0.807. The fourth-order valence-corrected chi connectivity index (χ4v) is 2.66. The largest absolute Gasteiger partial charge is 0.378 e. The van der Waals surface area contributed by atoms with Crippen LogP contribution in [0, 0.1) is 11.8 Å². The van der Waals surface area contributed by atoms with Gasteiger partial charge in [0.25, 0.3) is 0 Å². The van der Waals surface area contributed by atoms with Gasteiger partial charge in [-0.3, -0.25) is 0 Å². The lowest BCUT2D eigenvalue weighted by Gasteiger charge is -2.34. The van der Waals surface area contributed by atoms with E-state index < -0.39 is 0 Å². The molecule has 0 aromatic carbocycles. The summed E-state index contributed by atoms with van der Waals surface area (Å²) in [5.74, 6) is 1.65. The Morgan fingerprint density at radius 1 is 1.18 bits per heavy atom. The molecule has 0 radical (unpaired) electrons. The smallest absolute Gasteiger partial charge is 0.0575 e. The standard InChI is InChI=1S/C14H27NO.H3N.H2/c1-12(2)10-15-8-6-13(7-9-15)11-16-14-4-3-5-14;;/h12-14H,3-11H2,1-2H3;1H3;1H. The predicted octanol–water partition coefficient (Wildman–Crippen LogP) is 3.33. The van der Waals surface area contributed by atoms with Crippen LogP contribution in [0.3, 0.4) is 0 Å². The molecule has 3 nitrogen and oxygen atoms in total. The SMILES string of the molecule is CC(C)CN1CCC(COC2CCC2)CC1.N.[HH]. The van der Waals surface area contributed by atoms with Gasteiger partial charge in [0.1, 0.15) is 0 Å². The zero-order chi connectivity index (χ0) is 11.4. The number of hydrogen-bond acceptors (Lipinski definition) is 3. The van der Waals surface area contributed by atoms with Gasteiger partial charge in [-0.2, -0.15) is 0 Å². The van der Waals surface area contributed by atoms with E-state index in [0.717, 1.165) is 18.4 Å². The maximum atomic E-state index is 5.92. The summed E-state index contributed by atoms with van der Waals surface area (Å²) in [5, 5.41) is 0. The maximum Gasteiger partial charge on any atom is 0.0575 e. The lowest BCUT2D eigenvalue weighted by atomic mass is 9.94. The average molecular weight is 244 g/mol. The van der Waals surface area contributed by atoms with Crippen molar-refractivity contribution in [3.05, 3.63) is 0 Å². The summed E-state index contributed by atoms with van der Waals surface area (Å²) >= 11 is 0. The topological polar surface area (TPSA) is 47.5 Å². The summed E-state index contributed by atoms with van der Waals surface area (Å²) in [7, 11) is 0. The van der Waals surface area contributed by atoms with Crippen LogP contribution in [0.15, 0.2) is 0 Å². The number of rotatable bonds is 5. The van der Waals surface area contributed by atoms with Gasteiger partial charge in [0.2, 0.25) is 0 Å². The van der Waals surface area contributed by atoms with E-state index in [4.69, 9.17) is 4.74 Å². The summed E-state index contributed by atoms with van der Waals surface area (Å²) < 4.78 is 5.92. The van der Waals surface area contributed by atoms with Crippen molar-refractivity contribution < 1.29 is 6.16 Å². The zero-order valence-electron chi connectivity index (χ0n) is 11.7. The maximum absolute atomic E-state index is 5.92. The second-order valence-electron chi connectivity index (χ2n) is 6.02. The minimum absolute atomic E-state index is 0. The van der Waals surface area contributed by atoms with Gasteiger partial charge in [0.15, 0.2) is 0 Å². The van der Waals surface area contributed by atoms with Gasteiger partial charge in [-0.15, -0.1) is 0 Å². The van der Waals surface area contributed by atoms with Crippen LogP contribution in [0.2, 0.25) is 0 Å². The zero-order valence-corrected chi connectivity index (χ0v) is 11.7. The van der Waals surface area contributed by atoms with Crippen molar-refractivity contribution in [1.29, 1.82) is 0 Å². The molecule has 1 aliphatic heterocycles. The Morgan fingerprint density at radius 2 is 1.82 bits per heavy atom. The first-order valence-corrected chi connectivity index (χ1v) is 7.08. The number of piperidine rings is 1. The second-order valence-corrected chi connectivity index (χ2v) is 6.02. The number of nitrogens with zero attached hydrogens (tertiary/aromatic N) is 1. The molecule has 0 amide bonds. The number of likely N-dealkylation sites (tertiary alicyclic amines) is 1. The lowest BCUT2D eigenvalue weighted by Crippen LogP contribution is -2.38. The van der Waals surface area contributed by atoms with E-state index in [1.54, 1.807) is 0 Å². The predicted molar refractivity (Wildman–Crippen MR) is 74.7 cm³/mol. The normalized spacial score (nSPS) is 23.5. The molecule has 1 saturated carbocycles. The third-order valence-corrected chi connectivity index (χ3v) is 3.95. The molecule has 3 heteroatoms. The van der Waals surface area contributed by atoms with E-state index in [0.29, 0.717) is 6.10 Å². The van der Waals surface area contributed by atoms with Crippen LogP contribution in [-0.4, -0.2) is 37.2 Å². The van der Waals surface area contributed by atoms with Crippen LogP contribution in [0.5, 0.6) is 0 Å². The highest BCUT2D eigenvalue weighted by molar-refractivity contribution is 4.75. The highest BCUT2D eigenvalue weighted by Gasteiger charge is 2.23. The molecule has 0 bridgehead atoms. The van der Waals surface area contributed by atoms with Gasteiger partial charge in [0, 0.05) is 14.6 Å². The molecule has 0 atom stereocenters. The van der Waals surface area contributed by atoms with Gasteiger partial charge in [-0.1, -0.05) is 13.8 Å². The van der Waals surface area contributed by atoms with Crippen LogP contribution in [-0.2, 0) is 4.74 Å². The van der Waals surface area contributed by atoms with Gasteiger partial charge < -0.3 is 15.8 Å². The van der Waals surface area contributed by atoms with Crippen molar-refractivity contribution in [2.75, 3.05) is 26.2 Å². The molecule has 1 heterocycles. The van der Waals surface area contributed by atoms with E-state index in [2.05, 4.69) is 18.7 Å². The molecule has 0 unspecified atom stereocenters. The van der Waals surface area contributed by atoms with E-state index in [1.807, 2.05) is 0 Å². The minimum atomic E-state index is 0. The summed E-state index contributed by atoms with van der Waals surface area (Å²) in [4.78, 5) is 2.62. The first-order chi connectivity index (χ1) is 7.74. The van der Waals surface area contributed by atoms with Crippen molar-refractivity contribution in [3.63, 3.8) is 0 Å². The molecule has 3 N–H and O–H groups in total. The monoisotopic (exact) mass is 244 g/mol. The molecular formula is C14H32N2O. The molecule has 1 aliphatic carbocycles. The third-order valence-electron chi connectivity index (χ3n) is 3.95. The number of hydrogen-bond donors (Lipinski definition) is 1. The van der Waals surface area contributed by atoms with Crippen molar-refractivity contribution in [2.24, 2.45) is 11.8 Å². The van der Waals surface area contributed by atoms with Crippen molar-refractivity contribution >= 4 is 0 Å². The summed E-state index contributed by atoms with van der Waals surface area (Å²) in [6.07, 6.45) is 7.32. The first-order valence-electron chi connectivity index (χ1n) is 7.08. The van der Waals surface area contributed by atoms with Gasteiger partial charge in [-0.05, 0) is 57.0 Å². The fraction of sp³-hybridized carbons (Fsp3) is 1.00. The molecule has 2 rings (SSSR count). The third kappa shape index (κ3) is 4.94. The first kappa shape index (κ1) is 14.9. The molecule has 104 valence electrons. The van der Waals surface area contributed by atoms with Crippen molar-refractivity contribution in [3.8, 4) is 0 Å². The molecule has 17 heavy (non-hydrogen) atoms. The summed E-state index contributed by atoms with van der Waals surface area (Å²) in [5.41, 5.74) is 0. The molecule has 1 saturated heterocycles. The van der Waals surface area contributed by atoms with Gasteiger partial charge in [0.05, 0.1) is 6.10 Å². The second kappa shape index (κ2) is 7.34. The van der Waals surface area contributed by atoms with Crippen molar-refractivity contribution in [2.45, 2.75) is 52.1 Å². The molecule has 2 aliphatic rings. The Labute approximate surface area is 108 Å². The molecule has 0 aromatic heterocycles. The number of ether oxygens (including phenoxy) is 1. The van der Waals surface area contributed by atoms with Crippen LogP contribution in [0.25, 0.3) is 0 Å². The molecular weight excluding hydrogens is 212 g/mol. The van der Waals surface area contributed by atoms with Crippen molar-refractivity contribution in [1.82, 2.24) is 11.1 Å². The Bertz CT molecular complexity index is 202. The van der Waals surface area contributed by atoms with Crippen LogP contribution in [0.1, 0.15) is 47.4 Å².